The number of hydrogen-bond donors (Lipinski definition) is 2. The standard InChI is InChI=1S/C21H24N2O4/c1-26-20(24)19(11-6-12-22)23-21(25)27-13-18-16-9-4-2-7-14(16)15-8-3-5-10-17(15)18/h2-5,7-10,18-19H,6,11-13,22H2,1H3,(H,23,25)/t19-/m0/s1. The van der Waals surface area contributed by atoms with Gasteiger partial charge in [-0.3, -0.25) is 0 Å². The van der Waals surface area contributed by atoms with Crippen LogP contribution in [0.4, 0.5) is 4.79 Å². The number of amides is 1. The largest absolute Gasteiger partial charge is 0.467 e. The van der Waals surface area contributed by atoms with Gasteiger partial charge in [0.1, 0.15) is 12.6 Å². The van der Waals surface area contributed by atoms with Crippen molar-refractivity contribution in [2.45, 2.75) is 24.8 Å². The summed E-state index contributed by atoms with van der Waals surface area (Å²) >= 11 is 0. The number of fused-ring (bicyclic) bond motifs is 3. The number of carbonyl (C=O) groups is 2. The third-order valence-electron chi connectivity index (χ3n) is 4.82. The van der Waals surface area contributed by atoms with Crippen molar-refractivity contribution in [3.8, 4) is 11.1 Å². The fraction of sp³-hybridized carbons (Fsp3) is 0.333. The molecule has 3 N–H and O–H groups in total. The molecule has 0 radical (unpaired) electrons. The predicted molar refractivity (Wildman–Crippen MR) is 102 cm³/mol. The zero-order chi connectivity index (χ0) is 19.2. The molecule has 2 aromatic carbocycles. The lowest BCUT2D eigenvalue weighted by Gasteiger charge is -2.18. The lowest BCUT2D eigenvalue weighted by Crippen LogP contribution is -2.42. The maximum atomic E-state index is 12.2. The molecule has 0 heterocycles. The van der Waals surface area contributed by atoms with Crippen molar-refractivity contribution in [3.05, 3.63) is 59.7 Å². The second kappa shape index (κ2) is 8.68. The summed E-state index contributed by atoms with van der Waals surface area (Å²) in [5.41, 5.74) is 10.1. The molecule has 0 spiro atoms. The van der Waals surface area contributed by atoms with Crippen molar-refractivity contribution in [3.63, 3.8) is 0 Å². The molecule has 2 aromatic rings. The first-order valence-electron chi connectivity index (χ1n) is 9.05. The molecule has 0 aliphatic heterocycles. The number of benzene rings is 2. The summed E-state index contributed by atoms with van der Waals surface area (Å²) in [6.45, 7) is 0.629. The topological polar surface area (TPSA) is 90.6 Å². The number of carbonyl (C=O) groups excluding carboxylic acids is 2. The minimum atomic E-state index is -0.755. The van der Waals surface area contributed by atoms with Gasteiger partial charge < -0.3 is 20.5 Å². The zero-order valence-electron chi connectivity index (χ0n) is 15.3. The van der Waals surface area contributed by atoms with E-state index in [9.17, 15) is 9.59 Å². The lowest BCUT2D eigenvalue weighted by molar-refractivity contribution is -0.143. The fourth-order valence-electron chi connectivity index (χ4n) is 3.50. The summed E-state index contributed by atoms with van der Waals surface area (Å²) in [7, 11) is 1.29. The molecule has 0 fully saturated rings. The van der Waals surface area contributed by atoms with Crippen molar-refractivity contribution >= 4 is 12.1 Å². The van der Waals surface area contributed by atoms with Gasteiger partial charge >= 0.3 is 12.1 Å². The van der Waals surface area contributed by atoms with E-state index in [4.69, 9.17) is 15.2 Å². The van der Waals surface area contributed by atoms with E-state index in [1.54, 1.807) is 0 Å². The Bertz CT molecular complexity index is 776. The third kappa shape index (κ3) is 4.11. The maximum absolute atomic E-state index is 12.2. The van der Waals surface area contributed by atoms with Crippen LogP contribution >= 0.6 is 0 Å². The second-order valence-electron chi connectivity index (χ2n) is 6.48. The lowest BCUT2D eigenvalue weighted by atomic mass is 9.98. The number of nitrogens with one attached hydrogen (secondary N) is 1. The van der Waals surface area contributed by atoms with Gasteiger partial charge in [-0.15, -0.1) is 0 Å². The molecule has 1 aliphatic carbocycles. The van der Waals surface area contributed by atoms with Crippen molar-refractivity contribution in [2.24, 2.45) is 5.73 Å². The van der Waals surface area contributed by atoms with Gasteiger partial charge in [0.25, 0.3) is 0 Å². The summed E-state index contributed by atoms with van der Waals surface area (Å²) in [6.07, 6.45) is 0.376. The second-order valence-corrected chi connectivity index (χ2v) is 6.48. The molecule has 6 heteroatoms. The monoisotopic (exact) mass is 368 g/mol. The smallest absolute Gasteiger partial charge is 0.407 e. The Morgan fingerprint density at radius 3 is 2.22 bits per heavy atom. The molecule has 6 nitrogen and oxygen atoms in total. The summed E-state index contributed by atoms with van der Waals surface area (Å²) in [6, 6.07) is 15.5. The van der Waals surface area contributed by atoms with Crippen molar-refractivity contribution < 1.29 is 19.1 Å². The van der Waals surface area contributed by atoms with Crippen molar-refractivity contribution in [1.82, 2.24) is 5.32 Å². The molecule has 1 atom stereocenters. The quantitative estimate of drug-likeness (QED) is 0.734. The Hall–Kier alpha value is -2.86. The van der Waals surface area contributed by atoms with E-state index in [-0.39, 0.29) is 12.5 Å². The maximum Gasteiger partial charge on any atom is 0.407 e. The van der Waals surface area contributed by atoms with Gasteiger partial charge in [0.05, 0.1) is 7.11 Å². The number of nitrogens with two attached hydrogens (primary N) is 1. The minimum absolute atomic E-state index is 0.0243. The van der Waals surface area contributed by atoms with Gasteiger partial charge in [0.15, 0.2) is 0 Å². The Morgan fingerprint density at radius 2 is 1.67 bits per heavy atom. The van der Waals surface area contributed by atoms with E-state index >= 15 is 0 Å². The van der Waals surface area contributed by atoms with Crippen LogP contribution in [-0.4, -0.2) is 38.4 Å². The average molecular weight is 368 g/mol. The van der Waals surface area contributed by atoms with Gasteiger partial charge in [-0.1, -0.05) is 48.5 Å². The number of rotatable bonds is 7. The molecule has 0 aromatic heterocycles. The van der Waals surface area contributed by atoms with Crippen LogP contribution in [0.3, 0.4) is 0 Å². The number of methoxy groups -OCH3 is 1. The van der Waals surface area contributed by atoms with E-state index in [0.717, 1.165) is 22.3 Å². The predicted octanol–water partition coefficient (Wildman–Crippen LogP) is 2.81. The zero-order valence-corrected chi connectivity index (χ0v) is 15.3. The molecule has 0 bridgehead atoms. The third-order valence-corrected chi connectivity index (χ3v) is 4.82. The summed E-state index contributed by atoms with van der Waals surface area (Å²) in [5.74, 6) is -0.527. The highest BCUT2D eigenvalue weighted by Gasteiger charge is 2.29. The Kier molecular flexibility index (Phi) is 6.08. The molecule has 0 saturated heterocycles. The summed E-state index contributed by atoms with van der Waals surface area (Å²) in [4.78, 5) is 24.1. The van der Waals surface area contributed by atoms with E-state index < -0.39 is 18.1 Å². The highest BCUT2D eigenvalue weighted by Crippen LogP contribution is 2.44. The van der Waals surface area contributed by atoms with E-state index in [2.05, 4.69) is 29.6 Å². The Balaban J connectivity index is 1.67. The molecule has 27 heavy (non-hydrogen) atoms. The molecular weight excluding hydrogens is 344 g/mol. The van der Waals surface area contributed by atoms with Gasteiger partial charge in [-0.25, -0.2) is 9.59 Å². The van der Waals surface area contributed by atoms with Gasteiger partial charge in [0, 0.05) is 5.92 Å². The highest BCUT2D eigenvalue weighted by molar-refractivity contribution is 5.82. The van der Waals surface area contributed by atoms with Crippen LogP contribution in [0.5, 0.6) is 0 Å². The number of alkyl carbamates (subject to hydrolysis) is 1. The normalized spacial score (nSPS) is 13.4. The molecule has 0 saturated carbocycles. The Labute approximate surface area is 158 Å². The summed E-state index contributed by atoms with van der Waals surface area (Å²) in [5, 5.41) is 2.58. The van der Waals surface area contributed by atoms with Gasteiger partial charge in [-0.2, -0.15) is 0 Å². The summed E-state index contributed by atoms with van der Waals surface area (Å²) < 4.78 is 10.2. The Morgan fingerprint density at radius 1 is 1.07 bits per heavy atom. The first-order valence-corrected chi connectivity index (χ1v) is 9.05. The van der Waals surface area contributed by atoms with Crippen LogP contribution in [0, 0.1) is 0 Å². The van der Waals surface area contributed by atoms with Crippen LogP contribution in [0.25, 0.3) is 11.1 Å². The van der Waals surface area contributed by atoms with Crippen molar-refractivity contribution in [1.29, 1.82) is 0 Å². The van der Waals surface area contributed by atoms with Crippen LogP contribution in [0.2, 0.25) is 0 Å². The fourth-order valence-corrected chi connectivity index (χ4v) is 3.50. The van der Waals surface area contributed by atoms with Crippen molar-refractivity contribution in [2.75, 3.05) is 20.3 Å². The van der Waals surface area contributed by atoms with E-state index in [1.807, 2.05) is 24.3 Å². The number of esters is 1. The highest BCUT2D eigenvalue weighted by atomic mass is 16.6. The minimum Gasteiger partial charge on any atom is -0.467 e. The van der Waals surface area contributed by atoms with Crippen LogP contribution in [-0.2, 0) is 14.3 Å². The molecule has 142 valence electrons. The number of ether oxygens (including phenoxy) is 2. The average Bonchev–Trinajstić information content (AvgIpc) is 3.03. The van der Waals surface area contributed by atoms with Crippen LogP contribution in [0.1, 0.15) is 29.9 Å². The van der Waals surface area contributed by atoms with Crippen LogP contribution in [0.15, 0.2) is 48.5 Å². The molecule has 3 rings (SSSR count). The molecular formula is C21H24N2O4. The molecule has 0 unspecified atom stereocenters. The van der Waals surface area contributed by atoms with E-state index in [1.165, 1.54) is 7.11 Å². The SMILES string of the molecule is COC(=O)[C@H](CCCN)NC(=O)OCC1c2ccccc2-c2ccccc21. The van der Waals surface area contributed by atoms with Crippen LogP contribution < -0.4 is 11.1 Å². The number of hydrogen-bond acceptors (Lipinski definition) is 5. The van der Waals surface area contributed by atoms with Gasteiger partial charge in [-0.05, 0) is 41.6 Å². The first kappa shape index (κ1) is 18.9. The van der Waals surface area contributed by atoms with Gasteiger partial charge in [0.2, 0.25) is 0 Å². The molecule has 1 amide bonds. The van der Waals surface area contributed by atoms with E-state index in [0.29, 0.717) is 19.4 Å². The first-order chi connectivity index (χ1) is 13.2. The molecule has 1 aliphatic rings.